The number of carbonyl (C=O) groups is 1. The van der Waals surface area contributed by atoms with Crippen molar-refractivity contribution >= 4 is 22.9 Å². The number of anilines is 1. The van der Waals surface area contributed by atoms with Crippen molar-refractivity contribution < 1.29 is 9.90 Å². The highest BCUT2D eigenvalue weighted by Gasteiger charge is 2.04. The summed E-state index contributed by atoms with van der Waals surface area (Å²) in [6, 6.07) is 7.27. The van der Waals surface area contributed by atoms with Crippen LogP contribution < -0.4 is 10.6 Å². The summed E-state index contributed by atoms with van der Waals surface area (Å²) in [7, 11) is 0. The molecule has 0 aliphatic heterocycles. The van der Waals surface area contributed by atoms with Crippen molar-refractivity contribution in [2.45, 2.75) is 19.9 Å². The summed E-state index contributed by atoms with van der Waals surface area (Å²) in [4.78, 5) is 17.2. The van der Waals surface area contributed by atoms with Crippen molar-refractivity contribution in [3.8, 4) is 0 Å². The molecule has 2 rings (SSSR count). The number of aromatic nitrogens is 1. The monoisotopic (exact) mass is 305 g/mol. The Bertz CT molecular complexity index is 581. The van der Waals surface area contributed by atoms with Crippen molar-refractivity contribution in [2.24, 2.45) is 0 Å². The van der Waals surface area contributed by atoms with Gasteiger partial charge >= 0.3 is 0 Å². The quantitative estimate of drug-likeness (QED) is 0.732. The number of hydrogen-bond donors (Lipinski definition) is 3. The lowest BCUT2D eigenvalue weighted by Gasteiger charge is -2.06. The normalized spacial score (nSPS) is 10.4. The van der Waals surface area contributed by atoms with Gasteiger partial charge < -0.3 is 15.7 Å². The van der Waals surface area contributed by atoms with Gasteiger partial charge in [-0.05, 0) is 30.7 Å². The number of amides is 1. The Labute approximate surface area is 128 Å². The Morgan fingerprint density at radius 1 is 1.33 bits per heavy atom. The highest BCUT2D eigenvalue weighted by molar-refractivity contribution is 7.11. The van der Waals surface area contributed by atoms with Crippen LogP contribution in [0.4, 0.5) is 5.69 Å². The Balaban J connectivity index is 1.88. The topological polar surface area (TPSA) is 74.2 Å². The van der Waals surface area contributed by atoms with E-state index < -0.39 is 0 Å². The third-order valence-electron chi connectivity index (χ3n) is 2.92. The van der Waals surface area contributed by atoms with Gasteiger partial charge in [-0.1, -0.05) is 6.92 Å². The van der Waals surface area contributed by atoms with Crippen molar-refractivity contribution in [2.75, 3.05) is 18.5 Å². The van der Waals surface area contributed by atoms with Gasteiger partial charge in [-0.2, -0.15) is 0 Å². The highest BCUT2D eigenvalue weighted by Crippen LogP contribution is 2.16. The summed E-state index contributed by atoms with van der Waals surface area (Å²) in [5.74, 6) is -0.175. The van der Waals surface area contributed by atoms with Crippen LogP contribution in [0.3, 0.4) is 0 Å². The number of nitrogens with one attached hydrogen (secondary N) is 2. The molecular weight excluding hydrogens is 286 g/mol. The fraction of sp³-hybridized carbons (Fsp3) is 0.333. The first-order valence-corrected chi connectivity index (χ1v) is 7.71. The van der Waals surface area contributed by atoms with E-state index in [1.54, 1.807) is 23.5 Å². The van der Waals surface area contributed by atoms with Gasteiger partial charge in [-0.15, -0.1) is 11.3 Å². The number of benzene rings is 1. The fourth-order valence-corrected chi connectivity index (χ4v) is 2.60. The molecule has 0 aliphatic rings. The van der Waals surface area contributed by atoms with Crippen molar-refractivity contribution in [3.63, 3.8) is 0 Å². The first-order chi connectivity index (χ1) is 10.2. The number of nitrogens with zero attached hydrogens (tertiary/aromatic N) is 1. The van der Waals surface area contributed by atoms with E-state index in [2.05, 4.69) is 22.5 Å². The molecule has 0 radical (unpaired) electrons. The molecule has 1 amide bonds. The van der Waals surface area contributed by atoms with Crippen LogP contribution in [-0.4, -0.2) is 29.1 Å². The van der Waals surface area contributed by atoms with Crippen LogP contribution >= 0.6 is 11.3 Å². The van der Waals surface area contributed by atoms with Crippen LogP contribution in [0, 0.1) is 0 Å². The minimum Gasteiger partial charge on any atom is -0.395 e. The summed E-state index contributed by atoms with van der Waals surface area (Å²) in [6.07, 6.45) is 2.86. The van der Waals surface area contributed by atoms with Crippen LogP contribution in [0.1, 0.15) is 27.2 Å². The minimum atomic E-state index is -0.175. The molecule has 2 aromatic rings. The summed E-state index contributed by atoms with van der Waals surface area (Å²) in [5.41, 5.74) is 1.54. The molecule has 112 valence electrons. The molecule has 0 fully saturated rings. The van der Waals surface area contributed by atoms with Gasteiger partial charge in [0.2, 0.25) is 0 Å². The number of rotatable bonds is 7. The van der Waals surface area contributed by atoms with Crippen LogP contribution in [0.15, 0.2) is 30.5 Å². The molecule has 0 atom stereocenters. The van der Waals surface area contributed by atoms with Gasteiger partial charge in [0.15, 0.2) is 0 Å². The van der Waals surface area contributed by atoms with Crippen LogP contribution in [-0.2, 0) is 13.0 Å². The maximum Gasteiger partial charge on any atom is 0.251 e. The molecule has 1 heterocycles. The average molecular weight is 305 g/mol. The minimum absolute atomic E-state index is 0.0556. The lowest BCUT2D eigenvalue weighted by molar-refractivity contribution is 0.0945. The van der Waals surface area contributed by atoms with Crippen molar-refractivity contribution in [1.29, 1.82) is 0 Å². The predicted molar refractivity (Wildman–Crippen MR) is 84.7 cm³/mol. The number of aliphatic hydroxyl groups excluding tert-OH is 1. The zero-order valence-corrected chi connectivity index (χ0v) is 12.7. The molecule has 0 bridgehead atoms. The molecular formula is C15H19N3O2S. The summed E-state index contributed by atoms with van der Waals surface area (Å²) in [6.45, 7) is 3.04. The molecule has 5 nitrogen and oxygen atoms in total. The van der Waals surface area contributed by atoms with Gasteiger partial charge in [0, 0.05) is 28.9 Å². The molecule has 6 heteroatoms. The van der Waals surface area contributed by atoms with Gasteiger partial charge in [0.1, 0.15) is 0 Å². The first kappa shape index (κ1) is 15.5. The number of thiazole rings is 1. The fourth-order valence-electron chi connectivity index (χ4n) is 1.79. The second-order valence-electron chi connectivity index (χ2n) is 4.48. The molecule has 0 spiro atoms. The highest BCUT2D eigenvalue weighted by atomic mass is 32.1. The molecule has 0 saturated heterocycles. The number of aliphatic hydroxyl groups is 1. The largest absolute Gasteiger partial charge is 0.395 e. The second kappa shape index (κ2) is 7.75. The van der Waals surface area contributed by atoms with E-state index in [0.717, 1.165) is 23.7 Å². The Morgan fingerprint density at radius 2 is 2.10 bits per heavy atom. The average Bonchev–Trinajstić information content (AvgIpc) is 2.99. The standard InChI is InChI=1S/C15H19N3O2S/c1-2-14-18-10-13(21-14)9-17-12-5-3-11(4-6-12)15(20)16-7-8-19/h3-6,10,17,19H,2,7-9H2,1H3,(H,16,20). The Hall–Kier alpha value is -1.92. The van der Waals surface area contributed by atoms with Gasteiger partial charge in [0.25, 0.3) is 5.91 Å². The Kier molecular flexibility index (Phi) is 5.71. The first-order valence-electron chi connectivity index (χ1n) is 6.89. The van der Waals surface area contributed by atoms with Crippen LogP contribution in [0.25, 0.3) is 0 Å². The van der Waals surface area contributed by atoms with Crippen LogP contribution in [0.5, 0.6) is 0 Å². The molecule has 0 aliphatic carbocycles. The van der Waals surface area contributed by atoms with E-state index in [4.69, 9.17) is 5.11 Å². The van der Waals surface area contributed by atoms with E-state index in [9.17, 15) is 4.79 Å². The molecule has 1 aromatic carbocycles. The van der Waals surface area contributed by atoms with Crippen molar-refractivity contribution in [3.05, 3.63) is 45.9 Å². The summed E-state index contributed by atoms with van der Waals surface area (Å²) in [5, 5.41) is 15.7. The molecule has 0 saturated carbocycles. The Morgan fingerprint density at radius 3 is 2.71 bits per heavy atom. The maximum absolute atomic E-state index is 11.7. The summed E-state index contributed by atoms with van der Waals surface area (Å²) < 4.78 is 0. The number of aryl methyl sites for hydroxylation is 1. The van der Waals surface area contributed by atoms with E-state index in [1.807, 2.05) is 18.3 Å². The number of carbonyl (C=O) groups excluding carboxylic acids is 1. The van der Waals surface area contributed by atoms with Gasteiger partial charge in [-0.25, -0.2) is 4.98 Å². The molecule has 21 heavy (non-hydrogen) atoms. The van der Waals surface area contributed by atoms with E-state index in [0.29, 0.717) is 5.56 Å². The van der Waals surface area contributed by atoms with Gasteiger partial charge in [-0.3, -0.25) is 4.79 Å². The summed E-state index contributed by atoms with van der Waals surface area (Å²) >= 11 is 1.71. The molecule has 3 N–H and O–H groups in total. The zero-order valence-electron chi connectivity index (χ0n) is 11.9. The van der Waals surface area contributed by atoms with E-state index in [1.165, 1.54) is 4.88 Å². The predicted octanol–water partition coefficient (Wildman–Crippen LogP) is 2.04. The maximum atomic E-state index is 11.7. The van der Waals surface area contributed by atoms with Crippen LogP contribution in [0.2, 0.25) is 0 Å². The second-order valence-corrected chi connectivity index (χ2v) is 5.68. The number of hydrogen-bond acceptors (Lipinski definition) is 5. The molecule has 0 unspecified atom stereocenters. The zero-order chi connectivity index (χ0) is 15.1. The smallest absolute Gasteiger partial charge is 0.251 e. The lowest BCUT2D eigenvalue weighted by Crippen LogP contribution is -2.26. The third-order valence-corrected chi connectivity index (χ3v) is 4.06. The third kappa shape index (κ3) is 4.54. The lowest BCUT2D eigenvalue weighted by atomic mass is 10.2. The van der Waals surface area contributed by atoms with E-state index in [-0.39, 0.29) is 19.1 Å². The van der Waals surface area contributed by atoms with Crippen molar-refractivity contribution in [1.82, 2.24) is 10.3 Å². The SMILES string of the molecule is CCc1ncc(CNc2ccc(C(=O)NCCO)cc2)s1. The molecule has 1 aromatic heterocycles. The van der Waals surface area contributed by atoms with Gasteiger partial charge in [0.05, 0.1) is 18.2 Å². The van der Waals surface area contributed by atoms with E-state index >= 15 is 0 Å².